The van der Waals surface area contributed by atoms with E-state index in [9.17, 15) is 4.79 Å². The third-order valence-corrected chi connectivity index (χ3v) is 2.31. The smallest absolute Gasteiger partial charge is 0.275 e. The summed E-state index contributed by atoms with van der Waals surface area (Å²) in [5.74, 6) is 0.625. The molecule has 0 fully saturated rings. The fraction of sp³-hybridized carbons (Fsp3) is 0.154. The van der Waals surface area contributed by atoms with Crippen LogP contribution in [-0.2, 0) is 0 Å². The molecular weight excluding hydrogens is 244 g/mol. The Bertz CT molecular complexity index is 569. The van der Waals surface area contributed by atoms with E-state index in [-0.39, 0.29) is 17.4 Å². The highest BCUT2D eigenvalue weighted by Gasteiger charge is 2.08. The molecule has 98 valence electrons. The van der Waals surface area contributed by atoms with Crippen molar-refractivity contribution in [1.82, 2.24) is 9.97 Å². The third-order valence-electron chi connectivity index (χ3n) is 2.31. The number of nitrogens with zero attached hydrogens (tertiary/aromatic N) is 2. The number of carbonyl (C=O) groups excluding carboxylic acids is 1. The highest BCUT2D eigenvalue weighted by Crippen LogP contribution is 2.17. The van der Waals surface area contributed by atoms with Gasteiger partial charge in [-0.25, -0.2) is 9.97 Å². The summed E-state index contributed by atoms with van der Waals surface area (Å²) in [7, 11) is 0. The molecule has 0 bridgehead atoms. The van der Waals surface area contributed by atoms with E-state index in [2.05, 4.69) is 15.3 Å². The van der Waals surface area contributed by atoms with Gasteiger partial charge in [-0.15, -0.1) is 0 Å². The summed E-state index contributed by atoms with van der Waals surface area (Å²) in [4.78, 5) is 19.6. The Morgan fingerprint density at radius 1 is 1.37 bits per heavy atom. The molecule has 2 rings (SSSR count). The van der Waals surface area contributed by atoms with Crippen molar-refractivity contribution in [2.75, 3.05) is 17.7 Å². The Kier molecular flexibility index (Phi) is 3.92. The Balaban J connectivity index is 2.10. The van der Waals surface area contributed by atoms with Crippen LogP contribution in [-0.4, -0.2) is 22.5 Å². The van der Waals surface area contributed by atoms with E-state index in [0.717, 1.165) is 0 Å². The molecule has 2 aromatic rings. The van der Waals surface area contributed by atoms with Gasteiger partial charge in [0.2, 0.25) is 0 Å². The first kappa shape index (κ1) is 12.8. The molecule has 19 heavy (non-hydrogen) atoms. The van der Waals surface area contributed by atoms with Gasteiger partial charge in [0.05, 0.1) is 19.0 Å². The van der Waals surface area contributed by atoms with Gasteiger partial charge in [0.1, 0.15) is 17.3 Å². The maximum Gasteiger partial charge on any atom is 0.275 e. The number of nitrogens with two attached hydrogens (primary N) is 1. The molecule has 0 radical (unpaired) electrons. The molecule has 6 nitrogen and oxygen atoms in total. The van der Waals surface area contributed by atoms with Crippen LogP contribution in [0.3, 0.4) is 0 Å². The van der Waals surface area contributed by atoms with E-state index in [4.69, 9.17) is 10.5 Å². The second-order valence-electron chi connectivity index (χ2n) is 3.74. The van der Waals surface area contributed by atoms with Crippen LogP contribution in [0.2, 0.25) is 0 Å². The molecule has 1 aromatic carbocycles. The molecule has 0 aliphatic rings. The van der Waals surface area contributed by atoms with Crippen molar-refractivity contribution in [3.05, 3.63) is 42.4 Å². The zero-order valence-electron chi connectivity index (χ0n) is 10.5. The number of nitrogen functional groups attached to an aromatic ring is 1. The average Bonchev–Trinajstić information content (AvgIpc) is 2.40. The topological polar surface area (TPSA) is 90.1 Å². The summed E-state index contributed by atoms with van der Waals surface area (Å²) in [5.41, 5.74) is 6.25. The van der Waals surface area contributed by atoms with Crippen molar-refractivity contribution in [3.63, 3.8) is 0 Å². The number of nitrogens with one attached hydrogen (secondary N) is 1. The van der Waals surface area contributed by atoms with Crippen LogP contribution in [0.25, 0.3) is 0 Å². The van der Waals surface area contributed by atoms with Crippen molar-refractivity contribution < 1.29 is 9.53 Å². The number of benzene rings is 1. The number of carbonyl (C=O) groups is 1. The molecule has 0 unspecified atom stereocenters. The molecule has 0 saturated heterocycles. The molecular formula is C13H14N4O2. The summed E-state index contributed by atoms with van der Waals surface area (Å²) in [6.45, 7) is 2.47. The van der Waals surface area contributed by atoms with Gasteiger partial charge in [-0.05, 0) is 19.1 Å². The lowest BCUT2D eigenvalue weighted by atomic mass is 10.3. The first-order valence-corrected chi connectivity index (χ1v) is 5.81. The summed E-state index contributed by atoms with van der Waals surface area (Å²) < 4.78 is 5.35. The van der Waals surface area contributed by atoms with E-state index in [1.54, 1.807) is 18.2 Å². The second-order valence-corrected chi connectivity index (χ2v) is 3.74. The molecule has 0 atom stereocenters. The molecule has 3 N–H and O–H groups in total. The highest BCUT2D eigenvalue weighted by atomic mass is 16.5. The average molecular weight is 258 g/mol. The minimum atomic E-state index is -0.346. The minimum absolute atomic E-state index is 0.205. The molecule has 1 heterocycles. The number of aromatic nitrogens is 2. The van der Waals surface area contributed by atoms with E-state index in [1.807, 2.05) is 13.0 Å². The molecule has 0 saturated carbocycles. The fourth-order valence-electron chi connectivity index (χ4n) is 1.48. The first-order valence-electron chi connectivity index (χ1n) is 5.81. The van der Waals surface area contributed by atoms with Crippen molar-refractivity contribution in [3.8, 4) is 5.75 Å². The predicted octanol–water partition coefficient (Wildman–Crippen LogP) is 1.71. The monoisotopic (exact) mass is 258 g/mol. The quantitative estimate of drug-likeness (QED) is 0.871. The lowest BCUT2D eigenvalue weighted by Crippen LogP contribution is -2.14. The number of rotatable bonds is 4. The van der Waals surface area contributed by atoms with Gasteiger partial charge < -0.3 is 15.8 Å². The van der Waals surface area contributed by atoms with E-state index in [0.29, 0.717) is 18.0 Å². The summed E-state index contributed by atoms with van der Waals surface area (Å²) in [6, 6.07) is 7.13. The Hall–Kier alpha value is -2.63. The van der Waals surface area contributed by atoms with Crippen molar-refractivity contribution in [2.24, 2.45) is 0 Å². The van der Waals surface area contributed by atoms with Crippen LogP contribution >= 0.6 is 0 Å². The molecule has 1 aromatic heterocycles. The van der Waals surface area contributed by atoms with Crippen LogP contribution in [0.1, 0.15) is 17.4 Å². The van der Waals surface area contributed by atoms with Crippen LogP contribution in [0, 0.1) is 0 Å². The normalized spacial score (nSPS) is 9.95. The maximum atomic E-state index is 11.9. The number of hydrogen-bond acceptors (Lipinski definition) is 5. The number of hydrogen-bond donors (Lipinski definition) is 2. The van der Waals surface area contributed by atoms with Gasteiger partial charge in [0.15, 0.2) is 0 Å². The molecule has 1 amide bonds. The van der Waals surface area contributed by atoms with Crippen LogP contribution in [0.5, 0.6) is 5.75 Å². The zero-order valence-corrected chi connectivity index (χ0v) is 10.5. The van der Waals surface area contributed by atoms with Gasteiger partial charge in [-0.2, -0.15) is 0 Å². The summed E-state index contributed by atoms with van der Waals surface area (Å²) in [5, 5.41) is 2.71. The Labute approximate surface area is 110 Å². The van der Waals surface area contributed by atoms with E-state index in [1.165, 1.54) is 12.4 Å². The van der Waals surface area contributed by atoms with E-state index >= 15 is 0 Å². The van der Waals surface area contributed by atoms with E-state index < -0.39 is 0 Å². The summed E-state index contributed by atoms with van der Waals surface area (Å²) >= 11 is 0. The lowest BCUT2D eigenvalue weighted by Gasteiger charge is -2.07. The Morgan fingerprint density at radius 2 is 2.21 bits per heavy atom. The zero-order chi connectivity index (χ0) is 13.7. The summed E-state index contributed by atoms with van der Waals surface area (Å²) in [6.07, 6.45) is 2.67. The molecule has 0 spiro atoms. The maximum absolute atomic E-state index is 11.9. The number of anilines is 2. The standard InChI is InChI=1S/C13H14N4O2/c1-2-19-10-5-3-4-9(6-10)17-13(18)11-7-16-12(14)8-15-11/h3-8H,2H2,1H3,(H2,14,16)(H,17,18). The van der Waals surface area contributed by atoms with Gasteiger partial charge in [0.25, 0.3) is 5.91 Å². The predicted molar refractivity (Wildman–Crippen MR) is 72.0 cm³/mol. The molecule has 0 aliphatic heterocycles. The van der Waals surface area contributed by atoms with Crippen LogP contribution < -0.4 is 15.8 Å². The fourth-order valence-corrected chi connectivity index (χ4v) is 1.48. The number of amides is 1. The first-order chi connectivity index (χ1) is 9.19. The minimum Gasteiger partial charge on any atom is -0.494 e. The third kappa shape index (κ3) is 3.41. The molecule has 0 aliphatic carbocycles. The van der Waals surface area contributed by atoms with Crippen LogP contribution in [0.15, 0.2) is 36.7 Å². The Morgan fingerprint density at radius 3 is 2.89 bits per heavy atom. The van der Waals surface area contributed by atoms with Gasteiger partial charge in [-0.1, -0.05) is 6.07 Å². The SMILES string of the molecule is CCOc1cccc(NC(=O)c2cnc(N)cn2)c1. The van der Waals surface area contributed by atoms with Gasteiger partial charge >= 0.3 is 0 Å². The van der Waals surface area contributed by atoms with Crippen molar-refractivity contribution in [2.45, 2.75) is 6.92 Å². The van der Waals surface area contributed by atoms with Crippen molar-refractivity contribution in [1.29, 1.82) is 0 Å². The second kappa shape index (κ2) is 5.81. The molecule has 6 heteroatoms. The largest absolute Gasteiger partial charge is 0.494 e. The van der Waals surface area contributed by atoms with Gasteiger partial charge in [0, 0.05) is 11.8 Å². The van der Waals surface area contributed by atoms with Gasteiger partial charge in [-0.3, -0.25) is 4.79 Å². The number of ether oxygens (including phenoxy) is 1. The lowest BCUT2D eigenvalue weighted by molar-refractivity contribution is 0.102. The highest BCUT2D eigenvalue weighted by molar-refractivity contribution is 6.02. The van der Waals surface area contributed by atoms with Crippen molar-refractivity contribution >= 4 is 17.4 Å². The van der Waals surface area contributed by atoms with Crippen LogP contribution in [0.4, 0.5) is 11.5 Å².